The molecule has 0 saturated heterocycles. The maximum Gasteiger partial charge on any atom is 0.238 e. The molecule has 2 N–H and O–H groups in total. The van der Waals surface area contributed by atoms with Gasteiger partial charge in [-0.2, -0.15) is 0 Å². The van der Waals surface area contributed by atoms with Crippen molar-refractivity contribution in [3.05, 3.63) is 23.8 Å². The Morgan fingerprint density at radius 2 is 2.00 bits per heavy atom. The Bertz CT molecular complexity index is 497. The van der Waals surface area contributed by atoms with Crippen molar-refractivity contribution in [1.82, 2.24) is 0 Å². The van der Waals surface area contributed by atoms with Gasteiger partial charge in [-0.1, -0.05) is 20.8 Å². The van der Waals surface area contributed by atoms with Crippen LogP contribution in [0.25, 0.3) is 0 Å². The van der Waals surface area contributed by atoms with E-state index in [1.54, 1.807) is 12.1 Å². The molecule has 5 heteroatoms. The van der Waals surface area contributed by atoms with Crippen molar-refractivity contribution in [3.8, 4) is 5.75 Å². The van der Waals surface area contributed by atoms with E-state index in [1.165, 1.54) is 6.07 Å². The van der Waals surface area contributed by atoms with Gasteiger partial charge in [-0.15, -0.1) is 0 Å². The van der Waals surface area contributed by atoms with Crippen molar-refractivity contribution < 1.29 is 13.2 Å². The summed E-state index contributed by atoms with van der Waals surface area (Å²) >= 11 is 0. The van der Waals surface area contributed by atoms with Crippen LogP contribution in [-0.2, 0) is 10.0 Å². The normalized spacial score (nSPS) is 13.3. The molecule has 0 amide bonds. The molecule has 1 aromatic rings. The molecule has 0 aromatic heterocycles. The molecule has 0 bridgehead atoms. The highest BCUT2D eigenvalue weighted by atomic mass is 32.2. The zero-order valence-electron chi connectivity index (χ0n) is 11.1. The van der Waals surface area contributed by atoms with Gasteiger partial charge in [0.1, 0.15) is 5.75 Å². The predicted octanol–water partition coefficient (Wildman–Crippen LogP) is 2.64. The number of ether oxygens (including phenoxy) is 1. The van der Waals surface area contributed by atoms with Crippen LogP contribution in [0.5, 0.6) is 5.75 Å². The molecule has 4 nitrogen and oxygen atoms in total. The first-order valence-corrected chi connectivity index (χ1v) is 7.74. The van der Waals surface area contributed by atoms with Crippen molar-refractivity contribution in [2.24, 2.45) is 5.14 Å². The minimum atomic E-state index is -3.66. The molecule has 102 valence electrons. The Labute approximate surface area is 109 Å². The largest absolute Gasteiger partial charge is 0.493 e. The summed E-state index contributed by atoms with van der Waals surface area (Å²) in [6, 6.07) is 4.80. The Hall–Kier alpha value is -1.07. The number of primary sulfonamides is 1. The molecule has 0 aliphatic carbocycles. The van der Waals surface area contributed by atoms with Crippen LogP contribution in [-0.4, -0.2) is 15.0 Å². The van der Waals surface area contributed by atoms with E-state index < -0.39 is 10.0 Å². The molecule has 0 spiro atoms. The average molecular weight is 271 g/mol. The van der Waals surface area contributed by atoms with Gasteiger partial charge in [0.15, 0.2) is 0 Å². The molecule has 0 radical (unpaired) electrons. The van der Waals surface area contributed by atoms with Crippen molar-refractivity contribution >= 4 is 10.0 Å². The summed E-state index contributed by atoms with van der Waals surface area (Å²) in [6.45, 7) is 6.75. The molecule has 0 aliphatic heterocycles. The van der Waals surface area contributed by atoms with Crippen LogP contribution < -0.4 is 9.88 Å². The van der Waals surface area contributed by atoms with E-state index in [2.05, 4.69) is 6.92 Å². The third-order valence-electron chi connectivity index (χ3n) is 2.91. The van der Waals surface area contributed by atoms with Crippen LogP contribution in [0, 0.1) is 0 Å². The van der Waals surface area contributed by atoms with E-state index in [0.29, 0.717) is 6.61 Å². The summed E-state index contributed by atoms with van der Waals surface area (Å²) in [5.74, 6) is 0.983. The lowest BCUT2D eigenvalue weighted by atomic mass is 9.98. The first kappa shape index (κ1) is 15.0. The molecule has 0 fully saturated rings. The average Bonchev–Trinajstić information content (AvgIpc) is 2.34. The number of hydrogen-bond acceptors (Lipinski definition) is 3. The Morgan fingerprint density at radius 3 is 2.50 bits per heavy atom. The van der Waals surface area contributed by atoms with Crippen molar-refractivity contribution in [3.63, 3.8) is 0 Å². The van der Waals surface area contributed by atoms with Crippen LogP contribution in [0.2, 0.25) is 0 Å². The van der Waals surface area contributed by atoms with E-state index in [9.17, 15) is 8.42 Å². The summed E-state index contributed by atoms with van der Waals surface area (Å²) in [7, 11) is -3.66. The van der Waals surface area contributed by atoms with Crippen LogP contribution in [0.3, 0.4) is 0 Å². The third-order valence-corrected chi connectivity index (χ3v) is 3.83. The summed E-state index contributed by atoms with van der Waals surface area (Å²) in [5, 5.41) is 5.15. The van der Waals surface area contributed by atoms with E-state index >= 15 is 0 Å². The first-order chi connectivity index (χ1) is 8.40. The topological polar surface area (TPSA) is 69.4 Å². The molecule has 1 unspecified atom stereocenters. The summed E-state index contributed by atoms with van der Waals surface area (Å²) in [6.07, 6.45) is 1.83. The molecule has 1 rings (SSSR count). The van der Waals surface area contributed by atoms with Crippen molar-refractivity contribution in [2.75, 3.05) is 6.61 Å². The second-order valence-corrected chi connectivity index (χ2v) is 5.96. The second-order valence-electron chi connectivity index (χ2n) is 4.40. The minimum Gasteiger partial charge on any atom is -0.493 e. The van der Waals surface area contributed by atoms with Gasteiger partial charge in [0.25, 0.3) is 0 Å². The maximum absolute atomic E-state index is 11.4. The van der Waals surface area contributed by atoms with Gasteiger partial charge in [0.2, 0.25) is 10.0 Å². The summed E-state index contributed by atoms with van der Waals surface area (Å²) in [4.78, 5) is 0.140. The van der Waals surface area contributed by atoms with E-state index in [-0.39, 0.29) is 10.8 Å². The van der Waals surface area contributed by atoms with E-state index in [4.69, 9.17) is 9.88 Å². The molecule has 1 atom stereocenters. The fraction of sp³-hybridized carbons (Fsp3) is 0.538. The standard InChI is InChI=1S/C13H21NO3S/c1-4-8-17-13-7-6-11(18(14,15)16)9-12(13)10(3)5-2/h6-7,9-10H,4-5,8H2,1-3H3,(H2,14,15,16). The second kappa shape index (κ2) is 6.20. The number of hydrogen-bond donors (Lipinski definition) is 1. The highest BCUT2D eigenvalue weighted by Crippen LogP contribution is 2.30. The van der Waals surface area contributed by atoms with Gasteiger partial charge >= 0.3 is 0 Å². The van der Waals surface area contributed by atoms with Crippen LogP contribution >= 0.6 is 0 Å². The fourth-order valence-corrected chi connectivity index (χ4v) is 2.20. The van der Waals surface area contributed by atoms with Gasteiger partial charge in [-0.25, -0.2) is 13.6 Å². The predicted molar refractivity (Wildman–Crippen MR) is 72.3 cm³/mol. The van der Waals surface area contributed by atoms with Gasteiger partial charge in [0, 0.05) is 0 Å². The first-order valence-electron chi connectivity index (χ1n) is 6.19. The Balaban J connectivity index is 3.20. The quantitative estimate of drug-likeness (QED) is 0.864. The lowest BCUT2D eigenvalue weighted by Gasteiger charge is -2.16. The van der Waals surface area contributed by atoms with Crippen molar-refractivity contribution in [1.29, 1.82) is 0 Å². The monoisotopic (exact) mass is 271 g/mol. The molecule has 1 aromatic carbocycles. The Morgan fingerprint density at radius 1 is 1.33 bits per heavy atom. The zero-order valence-corrected chi connectivity index (χ0v) is 12.0. The van der Waals surface area contributed by atoms with Crippen molar-refractivity contribution in [2.45, 2.75) is 44.4 Å². The van der Waals surface area contributed by atoms with Crippen LogP contribution in [0.4, 0.5) is 0 Å². The van der Waals surface area contributed by atoms with Crippen LogP contribution in [0.1, 0.15) is 45.1 Å². The van der Waals surface area contributed by atoms with E-state index in [1.807, 2.05) is 13.8 Å². The van der Waals surface area contributed by atoms with Gasteiger partial charge in [0.05, 0.1) is 11.5 Å². The lowest BCUT2D eigenvalue weighted by Crippen LogP contribution is -2.13. The molecule has 0 aliphatic rings. The Kier molecular flexibility index (Phi) is 5.16. The maximum atomic E-state index is 11.4. The molecule has 0 saturated carbocycles. The summed E-state index contributed by atoms with van der Waals surface area (Å²) < 4.78 is 28.4. The summed E-state index contributed by atoms with van der Waals surface area (Å²) in [5.41, 5.74) is 0.900. The molecule has 0 heterocycles. The molecular weight excluding hydrogens is 250 g/mol. The molecular formula is C13H21NO3S. The minimum absolute atomic E-state index is 0.140. The van der Waals surface area contributed by atoms with Gasteiger partial charge in [-0.3, -0.25) is 0 Å². The number of nitrogens with two attached hydrogens (primary N) is 1. The number of benzene rings is 1. The molecule has 18 heavy (non-hydrogen) atoms. The smallest absolute Gasteiger partial charge is 0.238 e. The van der Waals surface area contributed by atoms with Gasteiger partial charge in [-0.05, 0) is 42.5 Å². The number of rotatable bonds is 6. The zero-order chi connectivity index (χ0) is 13.8. The SMILES string of the molecule is CCCOc1ccc(S(N)(=O)=O)cc1C(C)CC. The van der Waals surface area contributed by atoms with E-state index in [0.717, 1.165) is 24.2 Å². The fourth-order valence-electron chi connectivity index (χ4n) is 1.65. The highest BCUT2D eigenvalue weighted by Gasteiger charge is 2.15. The lowest BCUT2D eigenvalue weighted by molar-refractivity contribution is 0.312. The highest BCUT2D eigenvalue weighted by molar-refractivity contribution is 7.89. The van der Waals surface area contributed by atoms with Gasteiger partial charge < -0.3 is 4.74 Å². The third kappa shape index (κ3) is 3.71. The number of sulfonamides is 1. The van der Waals surface area contributed by atoms with Crippen LogP contribution in [0.15, 0.2) is 23.1 Å².